The lowest BCUT2D eigenvalue weighted by Gasteiger charge is -2.29. The summed E-state index contributed by atoms with van der Waals surface area (Å²) < 4.78 is 1.65. The highest BCUT2D eigenvalue weighted by Crippen LogP contribution is 2.30. The maximum absolute atomic E-state index is 12.5. The maximum Gasteiger partial charge on any atom is 0.257 e. The molecular weight excluding hydrogens is 266 g/mol. The fourth-order valence-electron chi connectivity index (χ4n) is 3.01. The second-order valence-corrected chi connectivity index (χ2v) is 5.83. The molecule has 0 radical (unpaired) electrons. The maximum atomic E-state index is 12.5. The standard InChI is InChI=1S/C16H21N3O2/c1-18-9-7-11(8-10-18)17-15(20)14-12-5-3-4-6-13(12)19(2)16(14)21/h3-6,11,21H,7-10H2,1-2H3,(H,17,20). The van der Waals surface area contributed by atoms with Crippen LogP contribution in [0.25, 0.3) is 10.9 Å². The molecular formula is C16H21N3O2. The fraction of sp³-hybridized carbons (Fsp3) is 0.438. The number of rotatable bonds is 2. The van der Waals surface area contributed by atoms with Crippen LogP contribution in [0.1, 0.15) is 23.2 Å². The minimum atomic E-state index is -0.182. The van der Waals surface area contributed by atoms with Crippen molar-refractivity contribution >= 4 is 16.8 Å². The van der Waals surface area contributed by atoms with Crippen molar-refractivity contribution < 1.29 is 9.90 Å². The van der Waals surface area contributed by atoms with E-state index in [1.807, 2.05) is 24.3 Å². The van der Waals surface area contributed by atoms with Gasteiger partial charge in [0.05, 0.1) is 5.52 Å². The quantitative estimate of drug-likeness (QED) is 0.884. The van der Waals surface area contributed by atoms with Gasteiger partial charge in [-0.1, -0.05) is 18.2 Å². The molecule has 0 unspecified atom stereocenters. The first kappa shape index (κ1) is 13.9. The highest BCUT2D eigenvalue weighted by molar-refractivity contribution is 6.09. The van der Waals surface area contributed by atoms with Crippen LogP contribution < -0.4 is 5.32 Å². The van der Waals surface area contributed by atoms with Gasteiger partial charge < -0.3 is 19.9 Å². The van der Waals surface area contributed by atoms with Gasteiger partial charge in [0, 0.05) is 18.5 Å². The van der Waals surface area contributed by atoms with Crippen LogP contribution in [0, 0.1) is 0 Å². The Balaban J connectivity index is 1.86. The fourth-order valence-corrected chi connectivity index (χ4v) is 3.01. The Kier molecular flexibility index (Phi) is 3.59. The van der Waals surface area contributed by atoms with Gasteiger partial charge in [0.2, 0.25) is 5.88 Å². The van der Waals surface area contributed by atoms with Crippen LogP contribution in [0.2, 0.25) is 0 Å². The van der Waals surface area contributed by atoms with Crippen molar-refractivity contribution in [3.05, 3.63) is 29.8 Å². The number of likely N-dealkylation sites (tertiary alicyclic amines) is 1. The molecule has 1 aromatic heterocycles. The average molecular weight is 287 g/mol. The van der Waals surface area contributed by atoms with Crippen LogP contribution >= 0.6 is 0 Å². The Morgan fingerprint density at radius 1 is 1.24 bits per heavy atom. The van der Waals surface area contributed by atoms with E-state index in [9.17, 15) is 9.90 Å². The summed E-state index contributed by atoms with van der Waals surface area (Å²) >= 11 is 0. The van der Waals surface area contributed by atoms with Gasteiger partial charge in [0.25, 0.3) is 5.91 Å². The van der Waals surface area contributed by atoms with E-state index in [0.29, 0.717) is 5.56 Å². The number of nitrogens with zero attached hydrogens (tertiary/aromatic N) is 2. The Hall–Kier alpha value is -2.01. The normalized spacial score (nSPS) is 17.2. The number of hydrogen-bond donors (Lipinski definition) is 2. The van der Waals surface area contributed by atoms with E-state index in [0.717, 1.165) is 36.8 Å². The molecule has 1 saturated heterocycles. The molecule has 1 fully saturated rings. The summed E-state index contributed by atoms with van der Waals surface area (Å²) in [6.45, 7) is 1.99. The van der Waals surface area contributed by atoms with E-state index < -0.39 is 0 Å². The number of carbonyl (C=O) groups excluding carboxylic acids is 1. The van der Waals surface area contributed by atoms with Gasteiger partial charge in [-0.05, 0) is 39.0 Å². The van der Waals surface area contributed by atoms with E-state index in [4.69, 9.17) is 0 Å². The van der Waals surface area contributed by atoms with Crippen LogP contribution in [0.15, 0.2) is 24.3 Å². The monoisotopic (exact) mass is 287 g/mol. The van der Waals surface area contributed by atoms with Gasteiger partial charge in [-0.3, -0.25) is 4.79 Å². The predicted octanol–water partition coefficient (Wildman–Crippen LogP) is 1.71. The molecule has 0 atom stereocenters. The Bertz CT molecular complexity index is 669. The Morgan fingerprint density at radius 2 is 1.90 bits per heavy atom. The molecule has 2 N–H and O–H groups in total. The Labute approximate surface area is 124 Å². The minimum absolute atomic E-state index is 0.0293. The number of hydrogen-bond acceptors (Lipinski definition) is 3. The van der Waals surface area contributed by atoms with Crippen molar-refractivity contribution in [2.75, 3.05) is 20.1 Å². The van der Waals surface area contributed by atoms with Crippen LogP contribution in [0.4, 0.5) is 0 Å². The summed E-state index contributed by atoms with van der Waals surface area (Å²) in [6, 6.07) is 7.75. The third-order valence-electron chi connectivity index (χ3n) is 4.36. The van der Waals surface area contributed by atoms with E-state index in [-0.39, 0.29) is 17.8 Å². The SMILES string of the molecule is CN1CCC(NC(=O)c2c(O)n(C)c3ccccc23)CC1. The molecule has 5 nitrogen and oxygen atoms in total. The molecule has 112 valence electrons. The van der Waals surface area contributed by atoms with E-state index in [2.05, 4.69) is 17.3 Å². The first-order chi connectivity index (χ1) is 10.1. The largest absolute Gasteiger partial charge is 0.494 e. The topological polar surface area (TPSA) is 57.5 Å². The lowest BCUT2D eigenvalue weighted by molar-refractivity contribution is 0.0915. The summed E-state index contributed by atoms with van der Waals surface area (Å²) in [5.41, 5.74) is 1.25. The number of aromatic hydroxyl groups is 1. The molecule has 1 aromatic carbocycles. The van der Waals surface area contributed by atoms with Gasteiger partial charge in [-0.25, -0.2) is 0 Å². The van der Waals surface area contributed by atoms with Gasteiger partial charge in [-0.15, -0.1) is 0 Å². The van der Waals surface area contributed by atoms with Crippen molar-refractivity contribution in [3.8, 4) is 5.88 Å². The summed E-state index contributed by atoms with van der Waals surface area (Å²) in [6.07, 6.45) is 1.90. The van der Waals surface area contributed by atoms with Crippen LogP contribution in [-0.2, 0) is 7.05 Å². The molecule has 5 heteroatoms. The summed E-state index contributed by atoms with van der Waals surface area (Å²) in [4.78, 5) is 14.8. The van der Waals surface area contributed by atoms with Gasteiger partial charge in [0.1, 0.15) is 5.56 Å². The molecule has 21 heavy (non-hydrogen) atoms. The second-order valence-electron chi connectivity index (χ2n) is 5.83. The molecule has 1 aliphatic rings. The van der Waals surface area contributed by atoms with Crippen LogP contribution in [-0.4, -0.2) is 46.7 Å². The molecule has 0 aliphatic carbocycles. The van der Waals surface area contributed by atoms with Crippen molar-refractivity contribution in [2.45, 2.75) is 18.9 Å². The highest BCUT2D eigenvalue weighted by Gasteiger charge is 2.24. The number of para-hydroxylation sites is 1. The van der Waals surface area contributed by atoms with Crippen LogP contribution in [0.5, 0.6) is 5.88 Å². The number of aromatic nitrogens is 1. The lowest BCUT2D eigenvalue weighted by atomic mass is 10.0. The number of piperidine rings is 1. The van der Waals surface area contributed by atoms with Gasteiger partial charge >= 0.3 is 0 Å². The number of aryl methyl sites for hydroxylation is 1. The number of nitrogens with one attached hydrogen (secondary N) is 1. The van der Waals surface area contributed by atoms with Crippen molar-refractivity contribution in [3.63, 3.8) is 0 Å². The summed E-state index contributed by atoms with van der Waals surface area (Å²) in [7, 11) is 3.86. The molecule has 0 spiro atoms. The van der Waals surface area contributed by atoms with E-state index >= 15 is 0 Å². The molecule has 1 amide bonds. The first-order valence-electron chi connectivity index (χ1n) is 7.33. The predicted molar refractivity (Wildman–Crippen MR) is 82.6 cm³/mol. The molecule has 0 saturated carbocycles. The number of amides is 1. The van der Waals surface area contributed by atoms with Gasteiger partial charge in [0.15, 0.2) is 0 Å². The van der Waals surface area contributed by atoms with Crippen molar-refractivity contribution in [1.82, 2.24) is 14.8 Å². The zero-order chi connectivity index (χ0) is 15.0. The lowest BCUT2D eigenvalue weighted by Crippen LogP contribution is -2.43. The summed E-state index contributed by atoms with van der Waals surface area (Å²) in [5.74, 6) is -0.152. The van der Waals surface area contributed by atoms with Crippen molar-refractivity contribution in [1.29, 1.82) is 0 Å². The molecule has 3 rings (SSSR count). The smallest absolute Gasteiger partial charge is 0.257 e. The number of carbonyl (C=O) groups is 1. The third kappa shape index (κ3) is 2.49. The minimum Gasteiger partial charge on any atom is -0.494 e. The highest BCUT2D eigenvalue weighted by atomic mass is 16.3. The Morgan fingerprint density at radius 3 is 2.62 bits per heavy atom. The van der Waals surface area contributed by atoms with Crippen LogP contribution in [0.3, 0.4) is 0 Å². The van der Waals surface area contributed by atoms with Crippen molar-refractivity contribution in [2.24, 2.45) is 7.05 Å². The first-order valence-corrected chi connectivity index (χ1v) is 7.33. The summed E-state index contributed by atoms with van der Waals surface area (Å²) in [5, 5.41) is 14.1. The molecule has 1 aliphatic heterocycles. The van der Waals surface area contributed by atoms with E-state index in [1.165, 1.54) is 0 Å². The number of benzene rings is 1. The molecule has 0 bridgehead atoms. The second kappa shape index (κ2) is 5.41. The average Bonchev–Trinajstić information content (AvgIpc) is 2.74. The number of fused-ring (bicyclic) bond motifs is 1. The van der Waals surface area contributed by atoms with Gasteiger partial charge in [-0.2, -0.15) is 0 Å². The zero-order valence-electron chi connectivity index (χ0n) is 12.5. The molecule has 2 heterocycles. The third-order valence-corrected chi connectivity index (χ3v) is 4.36. The van der Waals surface area contributed by atoms with E-state index in [1.54, 1.807) is 11.6 Å². The molecule has 2 aromatic rings. The zero-order valence-corrected chi connectivity index (χ0v) is 12.5.